The summed E-state index contributed by atoms with van der Waals surface area (Å²) in [6.07, 6.45) is 3.00. The highest BCUT2D eigenvalue weighted by molar-refractivity contribution is 6.06. The summed E-state index contributed by atoms with van der Waals surface area (Å²) in [6, 6.07) is 7.59. The second-order valence-corrected chi connectivity index (χ2v) is 8.42. The molecule has 1 aromatic carbocycles. The molecular formula is C22H32N4O4. The number of imide groups is 1. The number of carbonyl (C=O) groups excluding carboxylic acids is 3. The van der Waals surface area contributed by atoms with Crippen molar-refractivity contribution in [1.82, 2.24) is 20.4 Å². The van der Waals surface area contributed by atoms with E-state index in [4.69, 9.17) is 4.74 Å². The Morgan fingerprint density at radius 1 is 1.23 bits per heavy atom. The van der Waals surface area contributed by atoms with Crippen LogP contribution < -0.4 is 15.4 Å². The van der Waals surface area contributed by atoms with Gasteiger partial charge in [-0.25, -0.2) is 4.79 Å². The van der Waals surface area contributed by atoms with Gasteiger partial charge in [-0.3, -0.25) is 19.4 Å². The van der Waals surface area contributed by atoms with Gasteiger partial charge < -0.3 is 15.4 Å². The monoisotopic (exact) mass is 416 g/mol. The van der Waals surface area contributed by atoms with Gasteiger partial charge in [-0.05, 0) is 52.3 Å². The Morgan fingerprint density at radius 3 is 2.57 bits per heavy atom. The van der Waals surface area contributed by atoms with E-state index in [1.54, 1.807) is 21.0 Å². The molecule has 0 aromatic heterocycles. The number of carbonyl (C=O) groups is 3. The number of amides is 4. The molecular weight excluding hydrogens is 384 g/mol. The number of likely N-dealkylation sites (tertiary alicyclic amines) is 1. The molecule has 1 unspecified atom stereocenters. The van der Waals surface area contributed by atoms with E-state index in [1.807, 2.05) is 24.3 Å². The Bertz CT molecular complexity index is 789. The van der Waals surface area contributed by atoms with Crippen LogP contribution in [-0.2, 0) is 9.59 Å². The number of ether oxygens (including phenoxy) is 1. The van der Waals surface area contributed by atoms with E-state index >= 15 is 0 Å². The van der Waals surface area contributed by atoms with E-state index in [0.29, 0.717) is 13.0 Å². The summed E-state index contributed by atoms with van der Waals surface area (Å²) in [5.74, 6) is 0.489. The zero-order valence-corrected chi connectivity index (χ0v) is 18.1. The van der Waals surface area contributed by atoms with Gasteiger partial charge in [0, 0.05) is 25.1 Å². The van der Waals surface area contributed by atoms with E-state index in [9.17, 15) is 14.4 Å². The number of para-hydroxylation sites is 1. The van der Waals surface area contributed by atoms with Crippen LogP contribution in [0.5, 0.6) is 5.75 Å². The topological polar surface area (TPSA) is 91.0 Å². The van der Waals surface area contributed by atoms with Crippen molar-refractivity contribution in [3.05, 3.63) is 29.8 Å². The third-order valence-electron chi connectivity index (χ3n) is 5.80. The summed E-state index contributed by atoms with van der Waals surface area (Å²) in [7, 11) is 1.66. The van der Waals surface area contributed by atoms with Crippen molar-refractivity contribution in [2.45, 2.75) is 51.1 Å². The molecule has 2 N–H and O–H groups in total. The molecule has 8 heteroatoms. The maximum Gasteiger partial charge on any atom is 0.325 e. The lowest BCUT2D eigenvalue weighted by Gasteiger charge is -2.29. The predicted octanol–water partition coefficient (Wildman–Crippen LogP) is 2.06. The lowest BCUT2D eigenvalue weighted by molar-refractivity contribution is -0.130. The summed E-state index contributed by atoms with van der Waals surface area (Å²) in [5.41, 5.74) is 0.195. The number of hydrogen-bond acceptors (Lipinski definition) is 5. The molecule has 0 bridgehead atoms. The molecule has 4 amide bonds. The number of urea groups is 1. The highest BCUT2D eigenvalue weighted by Gasteiger charge is 2.43. The number of nitrogens with zero attached hydrogens (tertiary/aromatic N) is 2. The van der Waals surface area contributed by atoms with Crippen LogP contribution in [0, 0.1) is 0 Å². The van der Waals surface area contributed by atoms with Crippen LogP contribution in [0.2, 0.25) is 0 Å². The second kappa shape index (κ2) is 9.47. The van der Waals surface area contributed by atoms with Crippen molar-refractivity contribution >= 4 is 17.8 Å². The van der Waals surface area contributed by atoms with E-state index in [2.05, 4.69) is 15.5 Å². The van der Waals surface area contributed by atoms with E-state index in [-0.39, 0.29) is 30.8 Å². The molecule has 1 atom stereocenters. The summed E-state index contributed by atoms with van der Waals surface area (Å²) >= 11 is 0. The van der Waals surface area contributed by atoms with Gasteiger partial charge >= 0.3 is 6.03 Å². The summed E-state index contributed by atoms with van der Waals surface area (Å²) in [4.78, 5) is 40.2. The van der Waals surface area contributed by atoms with Crippen molar-refractivity contribution in [3.8, 4) is 5.75 Å². The van der Waals surface area contributed by atoms with Gasteiger partial charge in [0.25, 0.3) is 5.91 Å². The smallest absolute Gasteiger partial charge is 0.325 e. The van der Waals surface area contributed by atoms with Gasteiger partial charge in [0.05, 0.1) is 13.2 Å². The van der Waals surface area contributed by atoms with Crippen LogP contribution in [0.4, 0.5) is 4.79 Å². The van der Waals surface area contributed by atoms with Crippen molar-refractivity contribution < 1.29 is 19.1 Å². The minimum absolute atomic E-state index is 0.0549. The maximum absolute atomic E-state index is 12.4. The first-order valence-corrected chi connectivity index (χ1v) is 10.6. The van der Waals surface area contributed by atoms with Gasteiger partial charge in [0.15, 0.2) is 0 Å². The molecule has 2 aliphatic heterocycles. The fraction of sp³-hybridized carbons (Fsp3) is 0.591. The molecule has 2 heterocycles. The molecule has 2 fully saturated rings. The molecule has 0 saturated carbocycles. The van der Waals surface area contributed by atoms with Gasteiger partial charge in [0.2, 0.25) is 5.91 Å². The van der Waals surface area contributed by atoms with Crippen LogP contribution in [-0.4, -0.2) is 66.5 Å². The van der Waals surface area contributed by atoms with Gasteiger partial charge in [-0.1, -0.05) is 18.2 Å². The lowest BCUT2D eigenvalue weighted by Crippen LogP contribution is -2.40. The number of nitrogens with one attached hydrogen (secondary N) is 2. The first-order chi connectivity index (χ1) is 14.3. The lowest BCUT2D eigenvalue weighted by atomic mass is 10.0. The van der Waals surface area contributed by atoms with Gasteiger partial charge in [-0.15, -0.1) is 0 Å². The summed E-state index contributed by atoms with van der Waals surface area (Å²) in [6.45, 7) is 6.09. The molecule has 30 heavy (non-hydrogen) atoms. The number of rotatable bonds is 9. The zero-order valence-electron chi connectivity index (χ0n) is 18.1. The van der Waals surface area contributed by atoms with Crippen LogP contribution in [0.3, 0.4) is 0 Å². The average molecular weight is 417 g/mol. The van der Waals surface area contributed by atoms with E-state index in [0.717, 1.165) is 37.2 Å². The largest absolute Gasteiger partial charge is 0.496 e. The number of methoxy groups -OCH3 is 1. The number of benzene rings is 1. The highest BCUT2D eigenvalue weighted by atomic mass is 16.5. The molecule has 0 spiro atoms. The maximum atomic E-state index is 12.4. The molecule has 164 valence electrons. The predicted molar refractivity (Wildman–Crippen MR) is 113 cm³/mol. The molecule has 3 rings (SSSR count). The molecule has 1 aromatic rings. The van der Waals surface area contributed by atoms with Crippen LogP contribution in [0.25, 0.3) is 0 Å². The van der Waals surface area contributed by atoms with E-state index in [1.165, 1.54) is 4.90 Å². The average Bonchev–Trinajstić information content (AvgIpc) is 3.31. The Morgan fingerprint density at radius 2 is 1.93 bits per heavy atom. The van der Waals surface area contributed by atoms with Crippen molar-refractivity contribution in [1.29, 1.82) is 0 Å². The van der Waals surface area contributed by atoms with Crippen molar-refractivity contribution in [2.24, 2.45) is 0 Å². The van der Waals surface area contributed by atoms with E-state index < -0.39 is 11.6 Å². The molecule has 2 aliphatic rings. The third kappa shape index (κ3) is 4.92. The summed E-state index contributed by atoms with van der Waals surface area (Å²) in [5, 5.41) is 5.68. The molecule has 8 nitrogen and oxygen atoms in total. The Hall–Kier alpha value is -2.61. The third-order valence-corrected chi connectivity index (χ3v) is 5.80. The minimum atomic E-state index is -0.878. The fourth-order valence-corrected chi connectivity index (χ4v) is 4.15. The minimum Gasteiger partial charge on any atom is -0.496 e. The first kappa shape index (κ1) is 22.1. The van der Waals surface area contributed by atoms with Crippen LogP contribution >= 0.6 is 0 Å². The van der Waals surface area contributed by atoms with Crippen molar-refractivity contribution in [2.75, 3.05) is 33.3 Å². The van der Waals surface area contributed by atoms with Gasteiger partial charge in [-0.2, -0.15) is 0 Å². The molecule has 0 radical (unpaired) electrons. The number of hydrogen-bond donors (Lipinski definition) is 2. The Balaban J connectivity index is 1.53. The Kier molecular flexibility index (Phi) is 6.97. The summed E-state index contributed by atoms with van der Waals surface area (Å²) < 4.78 is 5.54. The first-order valence-electron chi connectivity index (χ1n) is 10.6. The fourth-order valence-electron chi connectivity index (χ4n) is 4.15. The quantitative estimate of drug-likeness (QED) is 0.602. The molecule has 0 aliphatic carbocycles. The molecule has 2 saturated heterocycles. The van der Waals surface area contributed by atoms with Gasteiger partial charge in [0.1, 0.15) is 11.3 Å². The van der Waals surface area contributed by atoms with Crippen LogP contribution in [0.15, 0.2) is 24.3 Å². The second-order valence-electron chi connectivity index (χ2n) is 8.42. The van der Waals surface area contributed by atoms with Crippen LogP contribution in [0.1, 0.15) is 51.1 Å². The standard InChI is InChI=1S/C22H32N4O4/c1-22(2)20(28)26(21(29)24-22)14-8-11-19(27)23-15-17(25-12-6-7-13-25)16-9-4-5-10-18(16)30-3/h4-5,9-10,17H,6-8,11-15H2,1-3H3,(H,23,27)(H,24,29). The highest BCUT2D eigenvalue weighted by Crippen LogP contribution is 2.31. The normalized spacial score (nSPS) is 19.6. The SMILES string of the molecule is COc1ccccc1C(CNC(=O)CCCN1C(=O)NC(C)(C)C1=O)N1CCCC1. The van der Waals surface area contributed by atoms with Crippen molar-refractivity contribution in [3.63, 3.8) is 0 Å². The zero-order chi connectivity index (χ0) is 21.7. The Labute approximate surface area is 177 Å².